The minimum atomic E-state index is 0.278. The fraction of sp³-hybridized carbons (Fsp3) is 1.00. The van der Waals surface area contributed by atoms with Crippen molar-refractivity contribution in [3.63, 3.8) is 0 Å². The van der Waals surface area contributed by atoms with Crippen molar-refractivity contribution in [1.82, 2.24) is 0 Å². The lowest BCUT2D eigenvalue weighted by Gasteiger charge is -2.23. The van der Waals surface area contributed by atoms with Crippen LogP contribution in [0.15, 0.2) is 0 Å². The SMILES string of the molecule is CCCCCC(C)C(C)P(C)C. The van der Waals surface area contributed by atoms with Crippen molar-refractivity contribution in [2.45, 2.75) is 52.1 Å². The molecule has 0 fully saturated rings. The number of rotatable bonds is 6. The van der Waals surface area contributed by atoms with Gasteiger partial charge in [-0.15, -0.1) is 7.92 Å². The van der Waals surface area contributed by atoms with Crippen LogP contribution in [0.4, 0.5) is 0 Å². The monoisotopic (exact) mass is 188 g/mol. The fourth-order valence-corrected chi connectivity index (χ4v) is 2.63. The maximum atomic E-state index is 2.42. The van der Waals surface area contributed by atoms with Crippen LogP contribution in [-0.4, -0.2) is 19.0 Å². The van der Waals surface area contributed by atoms with Gasteiger partial charge in [-0.3, -0.25) is 0 Å². The van der Waals surface area contributed by atoms with Crippen molar-refractivity contribution in [3.05, 3.63) is 0 Å². The van der Waals surface area contributed by atoms with E-state index in [-0.39, 0.29) is 7.92 Å². The van der Waals surface area contributed by atoms with Crippen molar-refractivity contribution < 1.29 is 0 Å². The standard InChI is InChI=1S/C11H25P/c1-6-7-8-9-10(2)11(3)12(4)5/h10-11H,6-9H2,1-5H3. The van der Waals surface area contributed by atoms with E-state index in [9.17, 15) is 0 Å². The van der Waals surface area contributed by atoms with Gasteiger partial charge >= 0.3 is 0 Å². The lowest BCUT2D eigenvalue weighted by molar-refractivity contribution is 0.489. The zero-order chi connectivity index (χ0) is 9.56. The average molecular weight is 188 g/mol. The van der Waals surface area contributed by atoms with Crippen molar-refractivity contribution >= 4 is 7.92 Å². The maximum absolute atomic E-state index is 2.42. The quantitative estimate of drug-likeness (QED) is 0.430. The number of hydrogen-bond acceptors (Lipinski definition) is 0. The second kappa shape index (κ2) is 6.89. The minimum absolute atomic E-state index is 0.278. The molecule has 0 heterocycles. The summed E-state index contributed by atoms with van der Waals surface area (Å²) in [5.74, 6) is 0.942. The van der Waals surface area contributed by atoms with E-state index in [2.05, 4.69) is 34.1 Å². The van der Waals surface area contributed by atoms with E-state index in [4.69, 9.17) is 0 Å². The Bertz CT molecular complexity index is 99.2. The number of hydrogen-bond donors (Lipinski definition) is 0. The second-order valence-electron chi connectivity index (χ2n) is 4.18. The molecule has 0 aromatic carbocycles. The smallest absolute Gasteiger partial charge is 0.0217 e. The average Bonchev–Trinajstić information content (AvgIpc) is 2.03. The second-order valence-corrected chi connectivity index (χ2v) is 6.92. The van der Waals surface area contributed by atoms with Gasteiger partial charge in [-0.1, -0.05) is 46.5 Å². The first-order valence-electron chi connectivity index (χ1n) is 5.26. The molecule has 0 nitrogen and oxygen atoms in total. The van der Waals surface area contributed by atoms with Gasteiger partial charge in [0.2, 0.25) is 0 Å². The van der Waals surface area contributed by atoms with Crippen molar-refractivity contribution in [2.75, 3.05) is 13.3 Å². The van der Waals surface area contributed by atoms with Crippen LogP contribution in [0.3, 0.4) is 0 Å². The molecule has 0 radical (unpaired) electrons. The molecule has 0 aromatic heterocycles. The van der Waals surface area contributed by atoms with E-state index in [0.29, 0.717) is 0 Å². The van der Waals surface area contributed by atoms with Gasteiger partial charge in [-0.05, 0) is 24.9 Å². The third-order valence-electron chi connectivity index (χ3n) is 2.90. The van der Waals surface area contributed by atoms with E-state index < -0.39 is 0 Å². The van der Waals surface area contributed by atoms with Crippen molar-refractivity contribution in [1.29, 1.82) is 0 Å². The molecule has 0 saturated heterocycles. The highest BCUT2D eigenvalue weighted by atomic mass is 31.1. The molecule has 2 unspecified atom stereocenters. The molecule has 0 bridgehead atoms. The van der Waals surface area contributed by atoms with E-state index in [0.717, 1.165) is 11.6 Å². The van der Waals surface area contributed by atoms with Crippen LogP contribution >= 0.6 is 7.92 Å². The zero-order valence-corrected chi connectivity index (χ0v) is 10.3. The molecule has 0 rings (SSSR count). The van der Waals surface area contributed by atoms with Gasteiger partial charge in [0.1, 0.15) is 0 Å². The molecule has 0 aliphatic rings. The summed E-state index contributed by atoms with van der Waals surface area (Å²) in [5.41, 5.74) is 0.955. The molecule has 1 heteroatoms. The van der Waals surface area contributed by atoms with Crippen LogP contribution < -0.4 is 0 Å². The van der Waals surface area contributed by atoms with Crippen LogP contribution in [0.5, 0.6) is 0 Å². The fourth-order valence-electron chi connectivity index (χ4n) is 1.47. The van der Waals surface area contributed by atoms with E-state index in [1.807, 2.05) is 0 Å². The van der Waals surface area contributed by atoms with Crippen LogP contribution in [-0.2, 0) is 0 Å². The molecule has 74 valence electrons. The summed E-state index contributed by atoms with van der Waals surface area (Å²) in [6, 6.07) is 0. The van der Waals surface area contributed by atoms with Crippen LogP contribution in [0.2, 0.25) is 0 Å². The van der Waals surface area contributed by atoms with Crippen LogP contribution in [0, 0.1) is 5.92 Å². The lowest BCUT2D eigenvalue weighted by Crippen LogP contribution is -2.11. The Hall–Kier alpha value is 0.430. The Morgan fingerprint density at radius 3 is 2.08 bits per heavy atom. The highest BCUT2D eigenvalue weighted by Gasteiger charge is 2.14. The number of unbranched alkanes of at least 4 members (excludes halogenated alkanes) is 2. The normalized spacial score (nSPS) is 16.5. The minimum Gasteiger partial charge on any atom is -0.110 e. The van der Waals surface area contributed by atoms with Crippen LogP contribution in [0.25, 0.3) is 0 Å². The van der Waals surface area contributed by atoms with Gasteiger partial charge in [0, 0.05) is 0 Å². The highest BCUT2D eigenvalue weighted by Crippen LogP contribution is 2.38. The Kier molecular flexibility index (Phi) is 7.14. The predicted molar refractivity (Wildman–Crippen MR) is 61.5 cm³/mol. The van der Waals surface area contributed by atoms with Crippen LogP contribution in [0.1, 0.15) is 46.5 Å². The third kappa shape index (κ3) is 5.14. The molecule has 0 spiro atoms. The molecule has 2 atom stereocenters. The van der Waals surface area contributed by atoms with Gasteiger partial charge in [0.15, 0.2) is 0 Å². The largest absolute Gasteiger partial charge is 0.110 e. The lowest BCUT2D eigenvalue weighted by atomic mass is 10.0. The molecular formula is C11H25P. The molecule has 0 N–H and O–H groups in total. The summed E-state index contributed by atoms with van der Waals surface area (Å²) in [7, 11) is 0.278. The van der Waals surface area contributed by atoms with Gasteiger partial charge < -0.3 is 0 Å². The van der Waals surface area contributed by atoms with Gasteiger partial charge in [-0.2, -0.15) is 0 Å². The third-order valence-corrected chi connectivity index (χ3v) is 5.04. The molecule has 0 amide bonds. The Balaban J connectivity index is 3.49. The van der Waals surface area contributed by atoms with E-state index in [1.54, 1.807) is 0 Å². The molecule has 12 heavy (non-hydrogen) atoms. The molecule has 0 aromatic rings. The van der Waals surface area contributed by atoms with Gasteiger partial charge in [0.05, 0.1) is 0 Å². The Labute approximate surface area is 79.9 Å². The highest BCUT2D eigenvalue weighted by molar-refractivity contribution is 7.56. The van der Waals surface area contributed by atoms with Crippen molar-refractivity contribution in [3.8, 4) is 0 Å². The molecular weight excluding hydrogens is 163 g/mol. The molecule has 0 aliphatic heterocycles. The predicted octanol–water partition coefficient (Wildman–Crippen LogP) is 4.33. The van der Waals surface area contributed by atoms with E-state index >= 15 is 0 Å². The Morgan fingerprint density at radius 1 is 1.08 bits per heavy atom. The Morgan fingerprint density at radius 2 is 1.67 bits per heavy atom. The first-order chi connectivity index (χ1) is 5.59. The maximum Gasteiger partial charge on any atom is -0.0217 e. The van der Waals surface area contributed by atoms with Gasteiger partial charge in [-0.25, -0.2) is 0 Å². The summed E-state index contributed by atoms with van der Waals surface area (Å²) < 4.78 is 0. The molecule has 0 aliphatic carbocycles. The van der Waals surface area contributed by atoms with E-state index in [1.165, 1.54) is 25.7 Å². The van der Waals surface area contributed by atoms with Crippen molar-refractivity contribution in [2.24, 2.45) is 5.92 Å². The first kappa shape index (κ1) is 12.4. The first-order valence-corrected chi connectivity index (χ1v) is 7.56. The zero-order valence-electron chi connectivity index (χ0n) is 9.43. The molecule has 0 saturated carbocycles. The van der Waals surface area contributed by atoms with Gasteiger partial charge in [0.25, 0.3) is 0 Å². The topological polar surface area (TPSA) is 0 Å². The summed E-state index contributed by atoms with van der Waals surface area (Å²) in [4.78, 5) is 0. The summed E-state index contributed by atoms with van der Waals surface area (Å²) >= 11 is 0. The summed E-state index contributed by atoms with van der Waals surface area (Å²) in [6.45, 7) is 11.9. The summed E-state index contributed by atoms with van der Waals surface area (Å²) in [5, 5.41) is 0. The summed E-state index contributed by atoms with van der Waals surface area (Å²) in [6.07, 6.45) is 5.65.